The second-order valence-electron chi connectivity index (χ2n) is 7.11. The summed E-state index contributed by atoms with van der Waals surface area (Å²) in [6, 6.07) is 4.67. The number of benzene rings is 1. The molecule has 0 radical (unpaired) electrons. The molecule has 0 saturated carbocycles. The molecule has 0 aromatic heterocycles. The molecule has 28 heavy (non-hydrogen) atoms. The lowest BCUT2D eigenvalue weighted by molar-refractivity contribution is 0.0945. The van der Waals surface area contributed by atoms with E-state index in [2.05, 4.69) is 35.7 Å². The van der Waals surface area contributed by atoms with Crippen LogP contribution >= 0.6 is 11.6 Å². The van der Waals surface area contributed by atoms with Crippen LogP contribution in [0.5, 0.6) is 0 Å². The molecule has 2 N–H and O–H groups in total. The summed E-state index contributed by atoms with van der Waals surface area (Å²) in [5.74, 6) is -0.327. The number of carbonyl (C=O) groups excluding carboxylic acids is 1. The maximum Gasteiger partial charge on any atom is 0.251 e. The molecule has 1 unspecified atom stereocenters. The number of carbonyl (C=O) groups is 1. The Morgan fingerprint density at radius 1 is 1.39 bits per heavy atom. The first-order valence-corrected chi connectivity index (χ1v) is 11.5. The van der Waals surface area contributed by atoms with Gasteiger partial charge in [0.25, 0.3) is 5.91 Å². The minimum Gasteiger partial charge on any atom is -0.377 e. The zero-order chi connectivity index (χ0) is 20.7. The van der Waals surface area contributed by atoms with Gasteiger partial charge in [0.05, 0.1) is 11.1 Å². The second-order valence-corrected chi connectivity index (χ2v) is 9.25. The minimum absolute atomic E-state index is 0.0772. The maximum atomic E-state index is 12.6. The summed E-state index contributed by atoms with van der Waals surface area (Å²) in [7, 11) is -3.83. The predicted molar refractivity (Wildman–Crippen MR) is 110 cm³/mol. The van der Waals surface area contributed by atoms with Crippen LogP contribution in [0.3, 0.4) is 0 Å². The van der Waals surface area contributed by atoms with Gasteiger partial charge in [0, 0.05) is 37.8 Å². The van der Waals surface area contributed by atoms with E-state index in [0.29, 0.717) is 19.2 Å². The molecule has 1 heterocycles. The van der Waals surface area contributed by atoms with E-state index in [-0.39, 0.29) is 34.0 Å². The van der Waals surface area contributed by atoms with E-state index in [0.717, 1.165) is 25.9 Å². The fraction of sp³-hybridized carbons (Fsp3) is 0.632. The molecule has 1 saturated heterocycles. The Morgan fingerprint density at radius 2 is 2.14 bits per heavy atom. The van der Waals surface area contributed by atoms with Gasteiger partial charge in [-0.2, -0.15) is 0 Å². The third-order valence-electron chi connectivity index (χ3n) is 4.83. The number of hydrogen-bond donors (Lipinski definition) is 2. The van der Waals surface area contributed by atoms with Crippen molar-refractivity contribution in [1.29, 1.82) is 0 Å². The van der Waals surface area contributed by atoms with E-state index in [4.69, 9.17) is 16.3 Å². The monoisotopic (exact) mass is 431 g/mol. The largest absolute Gasteiger partial charge is 0.377 e. The highest BCUT2D eigenvalue weighted by atomic mass is 35.5. The molecule has 1 fully saturated rings. The van der Waals surface area contributed by atoms with Crippen LogP contribution in [0.15, 0.2) is 23.1 Å². The van der Waals surface area contributed by atoms with Crippen molar-refractivity contribution in [3.05, 3.63) is 28.8 Å². The number of ether oxygens (including phenoxy) is 1. The molecule has 2 rings (SSSR count). The summed E-state index contributed by atoms with van der Waals surface area (Å²) in [6.07, 6.45) is 1.63. The van der Waals surface area contributed by atoms with E-state index in [1.165, 1.54) is 18.2 Å². The van der Waals surface area contributed by atoms with Crippen molar-refractivity contribution in [2.75, 3.05) is 32.8 Å². The number of nitrogens with zero attached hydrogens (tertiary/aromatic N) is 1. The Hall–Kier alpha value is -1.19. The highest BCUT2D eigenvalue weighted by molar-refractivity contribution is 7.89. The van der Waals surface area contributed by atoms with E-state index in [1.54, 1.807) is 0 Å². The fourth-order valence-electron chi connectivity index (χ4n) is 3.13. The van der Waals surface area contributed by atoms with Gasteiger partial charge in [-0.25, -0.2) is 13.1 Å². The van der Waals surface area contributed by atoms with Gasteiger partial charge in [-0.3, -0.25) is 9.69 Å². The third-order valence-corrected chi connectivity index (χ3v) is 6.73. The Kier molecular flexibility index (Phi) is 8.70. The van der Waals surface area contributed by atoms with Gasteiger partial charge in [0.15, 0.2) is 0 Å². The quantitative estimate of drug-likeness (QED) is 0.593. The molecule has 1 aromatic rings. The van der Waals surface area contributed by atoms with Gasteiger partial charge in [-0.15, -0.1) is 0 Å². The SMILES string of the molecule is CCN(CCNC(=O)c1ccc(Cl)c(S(=O)(=O)NCC2CCCO2)c1)C(C)C. The lowest BCUT2D eigenvalue weighted by atomic mass is 10.2. The van der Waals surface area contributed by atoms with Crippen molar-refractivity contribution < 1.29 is 17.9 Å². The lowest BCUT2D eigenvalue weighted by Crippen LogP contribution is -2.38. The zero-order valence-electron chi connectivity index (χ0n) is 16.7. The van der Waals surface area contributed by atoms with Gasteiger partial charge in [0.2, 0.25) is 10.0 Å². The Bertz CT molecular complexity index is 764. The Morgan fingerprint density at radius 3 is 2.75 bits per heavy atom. The molecule has 1 aromatic carbocycles. The molecular weight excluding hydrogens is 402 g/mol. The van der Waals surface area contributed by atoms with Crippen molar-refractivity contribution in [2.24, 2.45) is 0 Å². The van der Waals surface area contributed by atoms with Crippen molar-refractivity contribution in [3.63, 3.8) is 0 Å². The molecule has 0 bridgehead atoms. The van der Waals surface area contributed by atoms with E-state index in [9.17, 15) is 13.2 Å². The molecule has 9 heteroatoms. The van der Waals surface area contributed by atoms with Crippen LogP contribution in [-0.2, 0) is 14.8 Å². The predicted octanol–water partition coefficient (Wildman–Crippen LogP) is 2.26. The summed E-state index contributed by atoms with van der Waals surface area (Å²) < 4.78 is 33.2. The molecule has 0 aliphatic carbocycles. The number of amides is 1. The normalized spacial score (nSPS) is 17.4. The first-order valence-electron chi connectivity index (χ1n) is 9.67. The topological polar surface area (TPSA) is 87.7 Å². The standard InChI is InChI=1S/C19H30ClN3O4S/c1-4-23(14(2)3)10-9-21-19(24)15-7-8-17(20)18(12-15)28(25,26)22-13-16-6-5-11-27-16/h7-8,12,14,16,22H,4-6,9-11,13H2,1-3H3,(H,21,24). The highest BCUT2D eigenvalue weighted by Gasteiger charge is 2.23. The van der Waals surface area contributed by atoms with Crippen LogP contribution in [-0.4, -0.2) is 64.2 Å². The van der Waals surface area contributed by atoms with Crippen molar-refractivity contribution >= 4 is 27.5 Å². The number of rotatable bonds is 10. The lowest BCUT2D eigenvalue weighted by Gasteiger charge is -2.24. The molecule has 7 nitrogen and oxygen atoms in total. The van der Waals surface area contributed by atoms with Crippen molar-refractivity contribution in [2.45, 2.75) is 50.7 Å². The number of sulfonamides is 1. The van der Waals surface area contributed by atoms with Crippen LogP contribution in [0.25, 0.3) is 0 Å². The molecule has 1 aliphatic heterocycles. The smallest absolute Gasteiger partial charge is 0.251 e. The van der Waals surface area contributed by atoms with Gasteiger partial charge in [0.1, 0.15) is 4.90 Å². The van der Waals surface area contributed by atoms with Crippen LogP contribution in [0.4, 0.5) is 0 Å². The summed E-state index contributed by atoms with van der Waals surface area (Å²) in [5, 5.41) is 2.91. The van der Waals surface area contributed by atoms with E-state index >= 15 is 0 Å². The Balaban J connectivity index is 2.01. The average Bonchev–Trinajstić information content (AvgIpc) is 3.17. The Labute approximate surface area is 172 Å². The third kappa shape index (κ3) is 6.42. The molecular formula is C19H30ClN3O4S. The number of nitrogens with one attached hydrogen (secondary N) is 2. The van der Waals surface area contributed by atoms with E-state index < -0.39 is 10.0 Å². The number of likely N-dealkylation sites (N-methyl/N-ethyl adjacent to an activating group) is 1. The average molecular weight is 432 g/mol. The summed E-state index contributed by atoms with van der Waals surface area (Å²) >= 11 is 6.09. The van der Waals surface area contributed by atoms with Crippen LogP contribution < -0.4 is 10.0 Å². The zero-order valence-corrected chi connectivity index (χ0v) is 18.3. The second kappa shape index (κ2) is 10.5. The molecule has 158 valence electrons. The van der Waals surface area contributed by atoms with E-state index in [1.807, 2.05) is 0 Å². The van der Waals surface area contributed by atoms with Gasteiger partial charge >= 0.3 is 0 Å². The number of hydrogen-bond acceptors (Lipinski definition) is 5. The minimum atomic E-state index is -3.83. The first kappa shape index (κ1) is 23.1. The van der Waals surface area contributed by atoms with Crippen molar-refractivity contribution in [3.8, 4) is 0 Å². The van der Waals surface area contributed by atoms with Gasteiger partial charge < -0.3 is 10.1 Å². The van der Waals surface area contributed by atoms with Crippen LogP contribution in [0.1, 0.15) is 44.0 Å². The summed E-state index contributed by atoms with van der Waals surface area (Å²) in [5.41, 5.74) is 0.259. The van der Waals surface area contributed by atoms with Gasteiger partial charge in [-0.05, 0) is 51.4 Å². The van der Waals surface area contributed by atoms with Gasteiger partial charge in [-0.1, -0.05) is 18.5 Å². The number of halogens is 1. The summed E-state index contributed by atoms with van der Waals surface area (Å²) in [6.45, 7) is 9.21. The van der Waals surface area contributed by atoms with Crippen LogP contribution in [0.2, 0.25) is 5.02 Å². The maximum absolute atomic E-state index is 12.6. The first-order chi connectivity index (χ1) is 13.2. The fourth-order valence-corrected chi connectivity index (χ4v) is 4.72. The summed E-state index contributed by atoms with van der Waals surface area (Å²) in [4.78, 5) is 14.6. The highest BCUT2D eigenvalue weighted by Crippen LogP contribution is 2.23. The van der Waals surface area contributed by atoms with Crippen LogP contribution in [0, 0.1) is 0 Å². The van der Waals surface area contributed by atoms with Crippen molar-refractivity contribution in [1.82, 2.24) is 14.9 Å². The molecule has 1 aliphatic rings. The molecule has 1 atom stereocenters. The molecule has 1 amide bonds. The molecule has 0 spiro atoms.